The number of carbonyl (C=O) groups is 2. The average Bonchev–Trinajstić information content (AvgIpc) is 3.14. The summed E-state index contributed by atoms with van der Waals surface area (Å²) in [5.41, 5.74) is 0.892. The van der Waals surface area contributed by atoms with Gasteiger partial charge >= 0.3 is 6.09 Å². The Hall–Kier alpha value is -2.55. The van der Waals surface area contributed by atoms with Crippen LogP contribution < -0.4 is 10.6 Å². The smallest absolute Gasteiger partial charge is 0.408 e. The average molecular weight is 462 g/mol. The molecule has 1 aromatic carbocycles. The minimum Gasteiger partial charge on any atom is -0.445 e. The Labute approximate surface area is 194 Å². The molecule has 0 spiro atoms. The first kappa shape index (κ1) is 25.7. The van der Waals surface area contributed by atoms with Crippen LogP contribution in [0.15, 0.2) is 35.5 Å². The number of benzene rings is 1. The van der Waals surface area contributed by atoms with Gasteiger partial charge in [0.25, 0.3) is 0 Å². The molecule has 0 bridgehead atoms. The molecule has 0 aliphatic rings. The van der Waals surface area contributed by atoms with Crippen molar-refractivity contribution in [3.05, 3.63) is 41.7 Å². The van der Waals surface area contributed by atoms with Gasteiger partial charge in [-0.25, -0.2) is 4.79 Å². The molecule has 0 saturated heterocycles. The van der Waals surface area contributed by atoms with E-state index in [4.69, 9.17) is 4.74 Å². The van der Waals surface area contributed by atoms with Crippen LogP contribution in [0.25, 0.3) is 0 Å². The van der Waals surface area contributed by atoms with E-state index in [0.29, 0.717) is 12.5 Å². The maximum absolute atomic E-state index is 12.7. The van der Waals surface area contributed by atoms with Crippen molar-refractivity contribution in [2.45, 2.75) is 64.9 Å². The number of hydrogen-bond donors (Lipinski definition) is 2. The highest BCUT2D eigenvalue weighted by molar-refractivity contribution is 7.98. The van der Waals surface area contributed by atoms with Crippen LogP contribution in [0.1, 0.15) is 45.5 Å². The molecule has 0 fully saturated rings. The van der Waals surface area contributed by atoms with E-state index in [0.717, 1.165) is 35.9 Å². The molecule has 2 aromatic rings. The summed E-state index contributed by atoms with van der Waals surface area (Å²) in [5.74, 6) is 1.14. The maximum atomic E-state index is 12.7. The number of ether oxygens (including phenoxy) is 1. The van der Waals surface area contributed by atoms with Gasteiger partial charge in [0, 0.05) is 19.5 Å². The van der Waals surface area contributed by atoms with Gasteiger partial charge in [0.2, 0.25) is 5.91 Å². The topological polar surface area (TPSA) is 98.1 Å². The van der Waals surface area contributed by atoms with Gasteiger partial charge in [0.15, 0.2) is 5.16 Å². The second kappa shape index (κ2) is 13.1. The van der Waals surface area contributed by atoms with Gasteiger partial charge in [-0.15, -0.1) is 10.2 Å². The number of aryl methyl sites for hydroxylation is 1. The molecule has 0 saturated carbocycles. The number of rotatable bonds is 12. The molecule has 32 heavy (non-hydrogen) atoms. The first-order valence-electron chi connectivity index (χ1n) is 11.0. The van der Waals surface area contributed by atoms with Crippen LogP contribution in [0.2, 0.25) is 0 Å². The summed E-state index contributed by atoms with van der Waals surface area (Å²) >= 11 is 1.59. The van der Waals surface area contributed by atoms with Crippen molar-refractivity contribution in [1.29, 1.82) is 0 Å². The molecule has 8 nitrogen and oxygen atoms in total. The van der Waals surface area contributed by atoms with E-state index in [2.05, 4.69) is 39.2 Å². The van der Waals surface area contributed by atoms with E-state index >= 15 is 0 Å². The normalized spacial score (nSPS) is 12.1. The van der Waals surface area contributed by atoms with Crippen molar-refractivity contribution < 1.29 is 14.3 Å². The summed E-state index contributed by atoms with van der Waals surface area (Å²) < 4.78 is 7.40. The molecule has 1 atom stereocenters. The predicted molar refractivity (Wildman–Crippen MR) is 126 cm³/mol. The molecule has 0 aliphatic carbocycles. The van der Waals surface area contributed by atoms with Gasteiger partial charge in [-0.05, 0) is 30.1 Å². The number of amides is 2. The number of thioether (sulfide) groups is 1. The summed E-state index contributed by atoms with van der Waals surface area (Å²) in [6.07, 6.45) is 2.85. The second-order valence-corrected chi connectivity index (χ2v) is 9.20. The predicted octanol–water partition coefficient (Wildman–Crippen LogP) is 3.66. The number of carbonyl (C=O) groups excluding carboxylic acids is 2. The Balaban J connectivity index is 1.80. The largest absolute Gasteiger partial charge is 0.445 e. The van der Waals surface area contributed by atoms with Gasteiger partial charge in [-0.3, -0.25) is 4.79 Å². The van der Waals surface area contributed by atoms with Crippen LogP contribution in [0.4, 0.5) is 4.79 Å². The van der Waals surface area contributed by atoms with Crippen molar-refractivity contribution >= 4 is 23.8 Å². The van der Waals surface area contributed by atoms with Gasteiger partial charge in [0.1, 0.15) is 18.5 Å². The monoisotopic (exact) mass is 461 g/mol. The van der Waals surface area contributed by atoms with Crippen molar-refractivity contribution in [2.75, 3.05) is 12.8 Å². The zero-order chi connectivity index (χ0) is 23.5. The van der Waals surface area contributed by atoms with E-state index in [9.17, 15) is 9.59 Å². The molecular weight excluding hydrogens is 426 g/mol. The lowest BCUT2D eigenvalue weighted by molar-refractivity contribution is -0.124. The Morgan fingerprint density at radius 2 is 1.84 bits per heavy atom. The summed E-state index contributed by atoms with van der Waals surface area (Å²) in [5, 5.41) is 15.1. The van der Waals surface area contributed by atoms with Crippen molar-refractivity contribution in [1.82, 2.24) is 25.4 Å². The molecule has 0 aliphatic heterocycles. The molecule has 0 radical (unpaired) electrons. The summed E-state index contributed by atoms with van der Waals surface area (Å²) in [6, 6.07) is 8.76. The van der Waals surface area contributed by atoms with Crippen LogP contribution in [0.3, 0.4) is 0 Å². The molecule has 2 rings (SSSR count). The third-order valence-electron chi connectivity index (χ3n) is 4.84. The minimum atomic E-state index is -0.661. The third-order valence-corrected chi connectivity index (χ3v) is 5.50. The summed E-state index contributed by atoms with van der Waals surface area (Å²) in [6.45, 7) is 9.63. The fourth-order valence-corrected chi connectivity index (χ4v) is 3.72. The maximum Gasteiger partial charge on any atom is 0.408 e. The molecule has 0 unspecified atom stereocenters. The lowest BCUT2D eigenvalue weighted by atomic mass is 10.0. The Morgan fingerprint density at radius 3 is 2.47 bits per heavy atom. The van der Waals surface area contributed by atoms with Crippen molar-refractivity contribution in [3.63, 3.8) is 0 Å². The van der Waals surface area contributed by atoms with Gasteiger partial charge in [-0.1, -0.05) is 69.8 Å². The first-order valence-corrected chi connectivity index (χ1v) is 12.2. The number of nitrogens with one attached hydrogen (secondary N) is 2. The fourth-order valence-electron chi connectivity index (χ4n) is 3.20. The summed E-state index contributed by atoms with van der Waals surface area (Å²) in [4.78, 5) is 24.8. The minimum absolute atomic E-state index is 0.0717. The highest BCUT2D eigenvalue weighted by atomic mass is 32.2. The van der Waals surface area contributed by atoms with Crippen LogP contribution >= 0.6 is 11.8 Å². The van der Waals surface area contributed by atoms with Crippen LogP contribution in [0.5, 0.6) is 0 Å². The first-order chi connectivity index (χ1) is 15.3. The van der Waals surface area contributed by atoms with E-state index in [1.54, 1.807) is 11.8 Å². The summed E-state index contributed by atoms with van der Waals surface area (Å²) in [7, 11) is 0. The van der Waals surface area contributed by atoms with Gasteiger partial charge in [0.05, 0.1) is 0 Å². The Morgan fingerprint density at radius 1 is 1.12 bits per heavy atom. The van der Waals surface area contributed by atoms with Crippen molar-refractivity contribution in [2.24, 2.45) is 11.8 Å². The quantitative estimate of drug-likeness (QED) is 0.370. The number of alkyl carbamates (subject to hydrolysis) is 1. The lowest BCUT2D eigenvalue weighted by Crippen LogP contribution is -2.50. The van der Waals surface area contributed by atoms with Crippen LogP contribution in [0, 0.1) is 11.8 Å². The molecule has 176 valence electrons. The fraction of sp³-hybridized carbons (Fsp3) is 0.565. The number of nitrogens with zero attached hydrogens (tertiary/aromatic N) is 3. The molecule has 9 heteroatoms. The molecule has 2 amide bonds. The molecule has 2 N–H and O–H groups in total. The van der Waals surface area contributed by atoms with Crippen molar-refractivity contribution in [3.8, 4) is 0 Å². The Bertz CT molecular complexity index is 855. The SMILES string of the molecule is CSc1nnc(CCCNC(=O)[C@@H](NC(=O)OCc2ccccc2)C(C)C)n1CC(C)C. The molecule has 1 heterocycles. The zero-order valence-electron chi connectivity index (χ0n) is 19.6. The zero-order valence-corrected chi connectivity index (χ0v) is 20.4. The van der Waals surface area contributed by atoms with E-state index in [1.807, 2.05) is 50.4 Å². The van der Waals surface area contributed by atoms with Gasteiger partial charge in [-0.2, -0.15) is 0 Å². The molecule has 1 aromatic heterocycles. The molecular formula is C23H35N5O3S. The number of hydrogen-bond acceptors (Lipinski definition) is 6. The lowest BCUT2D eigenvalue weighted by Gasteiger charge is -2.21. The highest BCUT2D eigenvalue weighted by Gasteiger charge is 2.24. The van der Waals surface area contributed by atoms with Gasteiger partial charge < -0.3 is 19.9 Å². The van der Waals surface area contributed by atoms with E-state index in [1.165, 1.54) is 0 Å². The van der Waals surface area contributed by atoms with E-state index < -0.39 is 12.1 Å². The second-order valence-electron chi connectivity index (χ2n) is 8.43. The highest BCUT2D eigenvalue weighted by Crippen LogP contribution is 2.16. The van der Waals surface area contributed by atoms with Crippen LogP contribution in [-0.2, 0) is 29.1 Å². The number of aromatic nitrogens is 3. The van der Waals surface area contributed by atoms with E-state index in [-0.39, 0.29) is 18.4 Å². The standard InChI is InChI=1S/C23H35N5O3S/c1-16(2)14-28-19(26-27-22(28)32-5)12-9-13-24-21(29)20(17(3)4)25-23(30)31-15-18-10-7-6-8-11-18/h6-8,10-11,16-17,20H,9,12-15H2,1-5H3,(H,24,29)(H,25,30)/t20-/m0/s1. The Kier molecular flexibility index (Phi) is 10.5. The van der Waals surface area contributed by atoms with Crippen LogP contribution in [-0.4, -0.2) is 45.6 Å². The third kappa shape index (κ3) is 8.18.